The molecular weight excluding hydrogens is 330 g/mol. The van der Waals surface area contributed by atoms with Gasteiger partial charge in [-0.2, -0.15) is 0 Å². The molecule has 0 spiro atoms. The summed E-state index contributed by atoms with van der Waals surface area (Å²) in [5, 5.41) is 6.83. The van der Waals surface area contributed by atoms with Crippen molar-refractivity contribution in [2.75, 3.05) is 46.5 Å². The third-order valence-corrected chi connectivity index (χ3v) is 4.54. The van der Waals surface area contributed by atoms with E-state index < -0.39 is 0 Å². The molecule has 26 heavy (non-hydrogen) atoms. The number of morpholine rings is 1. The second-order valence-corrected chi connectivity index (χ2v) is 6.70. The molecule has 2 heterocycles. The average molecular weight is 364 g/mol. The van der Waals surface area contributed by atoms with E-state index >= 15 is 0 Å². The van der Waals surface area contributed by atoms with Crippen LogP contribution in [0.25, 0.3) is 0 Å². The molecule has 0 bridgehead atoms. The second-order valence-electron chi connectivity index (χ2n) is 6.70. The van der Waals surface area contributed by atoms with Gasteiger partial charge in [-0.25, -0.2) is 4.98 Å². The van der Waals surface area contributed by atoms with E-state index in [0.717, 1.165) is 44.4 Å². The summed E-state index contributed by atoms with van der Waals surface area (Å²) in [7, 11) is 1.80. The fraction of sp³-hybridized carbons (Fsp3) is 0.684. The second kappa shape index (κ2) is 11.0. The molecule has 0 aromatic carbocycles. The van der Waals surface area contributed by atoms with Crippen molar-refractivity contribution in [2.45, 2.75) is 33.4 Å². The van der Waals surface area contributed by atoms with Gasteiger partial charge in [0.25, 0.3) is 0 Å². The van der Waals surface area contributed by atoms with Gasteiger partial charge in [0.15, 0.2) is 5.96 Å². The zero-order valence-electron chi connectivity index (χ0n) is 16.5. The first-order chi connectivity index (χ1) is 12.6. The maximum Gasteiger partial charge on any atom is 0.213 e. The van der Waals surface area contributed by atoms with E-state index in [1.165, 1.54) is 0 Å². The molecule has 7 nitrogen and oxygen atoms in total. The van der Waals surface area contributed by atoms with Crippen molar-refractivity contribution in [3.63, 3.8) is 0 Å². The molecule has 1 fully saturated rings. The van der Waals surface area contributed by atoms with Gasteiger partial charge in [0.2, 0.25) is 5.88 Å². The van der Waals surface area contributed by atoms with E-state index in [1.54, 1.807) is 13.2 Å². The average Bonchev–Trinajstić information content (AvgIpc) is 2.65. The van der Waals surface area contributed by atoms with Crippen LogP contribution in [-0.2, 0) is 11.3 Å². The number of nitrogens with one attached hydrogen (secondary N) is 2. The lowest BCUT2D eigenvalue weighted by atomic mass is 10.0. The molecule has 2 rings (SSSR count). The van der Waals surface area contributed by atoms with Crippen molar-refractivity contribution >= 4 is 5.96 Å². The number of hydrogen-bond acceptors (Lipinski definition) is 5. The highest BCUT2D eigenvalue weighted by Gasteiger charge is 2.23. The molecule has 1 atom stereocenters. The number of ether oxygens (including phenoxy) is 2. The molecule has 146 valence electrons. The van der Waals surface area contributed by atoms with Crippen molar-refractivity contribution < 1.29 is 9.47 Å². The lowest BCUT2D eigenvalue weighted by Crippen LogP contribution is -2.52. The van der Waals surface area contributed by atoms with Crippen LogP contribution in [0.2, 0.25) is 0 Å². The van der Waals surface area contributed by atoms with E-state index in [1.807, 2.05) is 19.1 Å². The van der Waals surface area contributed by atoms with Gasteiger partial charge >= 0.3 is 0 Å². The molecule has 7 heteroatoms. The van der Waals surface area contributed by atoms with Crippen molar-refractivity contribution in [1.82, 2.24) is 20.5 Å². The lowest BCUT2D eigenvalue weighted by molar-refractivity contribution is 0.00752. The van der Waals surface area contributed by atoms with Crippen molar-refractivity contribution in [3.05, 3.63) is 23.9 Å². The lowest BCUT2D eigenvalue weighted by Gasteiger charge is -2.37. The maximum absolute atomic E-state index is 5.48. The molecule has 1 aliphatic heterocycles. The van der Waals surface area contributed by atoms with Crippen LogP contribution >= 0.6 is 0 Å². The molecule has 1 aromatic heterocycles. The van der Waals surface area contributed by atoms with Crippen LogP contribution in [0.1, 0.15) is 26.3 Å². The van der Waals surface area contributed by atoms with Crippen LogP contribution in [-0.4, -0.2) is 68.4 Å². The molecule has 1 aliphatic rings. The van der Waals surface area contributed by atoms with Crippen LogP contribution in [0.15, 0.2) is 23.3 Å². The summed E-state index contributed by atoms with van der Waals surface area (Å²) in [5.41, 5.74) is 1.11. The molecule has 0 saturated carbocycles. The first-order valence-electron chi connectivity index (χ1n) is 9.48. The van der Waals surface area contributed by atoms with Crippen LogP contribution < -0.4 is 15.4 Å². The van der Waals surface area contributed by atoms with Gasteiger partial charge in [-0.3, -0.25) is 9.89 Å². The van der Waals surface area contributed by atoms with E-state index in [-0.39, 0.29) is 0 Å². The Morgan fingerprint density at radius 2 is 2.12 bits per heavy atom. The number of aromatic nitrogens is 1. The normalized spacial score (nSPS) is 17.2. The zero-order valence-corrected chi connectivity index (χ0v) is 16.5. The van der Waals surface area contributed by atoms with E-state index in [0.29, 0.717) is 31.0 Å². The molecule has 2 N–H and O–H groups in total. The maximum atomic E-state index is 5.48. The predicted octanol–water partition coefficient (Wildman–Crippen LogP) is 1.50. The Labute approximate surface area is 157 Å². The number of pyridine rings is 1. The predicted molar refractivity (Wildman–Crippen MR) is 105 cm³/mol. The van der Waals surface area contributed by atoms with E-state index in [2.05, 4.69) is 39.4 Å². The highest BCUT2D eigenvalue weighted by molar-refractivity contribution is 5.79. The highest BCUT2D eigenvalue weighted by atomic mass is 16.5. The SMILES string of the molecule is CCOc1cc(CNC(=NC)NCC(C(C)C)N2CCOCC2)ccn1. The third kappa shape index (κ3) is 6.46. The number of aliphatic imine (C=N–C) groups is 1. The molecule has 1 unspecified atom stereocenters. The summed E-state index contributed by atoms with van der Waals surface area (Å²) in [6.45, 7) is 12.3. The topological polar surface area (TPSA) is 71.0 Å². The van der Waals surface area contributed by atoms with Crippen LogP contribution in [0.3, 0.4) is 0 Å². The summed E-state index contributed by atoms with van der Waals surface area (Å²) in [4.78, 5) is 11.0. The van der Waals surface area contributed by atoms with Crippen molar-refractivity contribution in [1.29, 1.82) is 0 Å². The number of hydrogen-bond donors (Lipinski definition) is 2. The first-order valence-corrected chi connectivity index (χ1v) is 9.48. The quantitative estimate of drug-likeness (QED) is 0.539. The Kier molecular flexibility index (Phi) is 8.64. The van der Waals surface area contributed by atoms with Crippen molar-refractivity contribution in [2.24, 2.45) is 10.9 Å². The Balaban J connectivity index is 1.85. The Hall–Kier alpha value is -1.86. The molecule has 0 aliphatic carbocycles. The standard InChI is InChI=1S/C19H33N5O2/c1-5-26-18-12-16(6-7-21-18)13-22-19(20-4)23-14-17(15(2)3)24-8-10-25-11-9-24/h6-7,12,15,17H,5,8-11,13-14H2,1-4H3,(H2,20,22,23). The monoisotopic (exact) mass is 363 g/mol. The molecular formula is C19H33N5O2. The largest absolute Gasteiger partial charge is 0.478 e. The minimum atomic E-state index is 0.461. The van der Waals surface area contributed by atoms with Crippen molar-refractivity contribution in [3.8, 4) is 5.88 Å². The van der Waals surface area contributed by atoms with Gasteiger partial charge < -0.3 is 20.1 Å². The fourth-order valence-corrected chi connectivity index (χ4v) is 3.09. The fourth-order valence-electron chi connectivity index (χ4n) is 3.09. The smallest absolute Gasteiger partial charge is 0.213 e. The number of nitrogens with zero attached hydrogens (tertiary/aromatic N) is 3. The zero-order chi connectivity index (χ0) is 18.8. The summed E-state index contributed by atoms with van der Waals surface area (Å²) in [6.07, 6.45) is 1.77. The summed E-state index contributed by atoms with van der Waals surface area (Å²) in [6, 6.07) is 4.39. The van der Waals surface area contributed by atoms with Gasteiger partial charge in [-0.05, 0) is 24.5 Å². The Morgan fingerprint density at radius 3 is 2.77 bits per heavy atom. The minimum Gasteiger partial charge on any atom is -0.478 e. The number of guanidine groups is 1. The Morgan fingerprint density at radius 1 is 1.35 bits per heavy atom. The van der Waals surface area contributed by atoms with Gasteiger partial charge in [-0.1, -0.05) is 13.8 Å². The van der Waals surface area contributed by atoms with Crippen LogP contribution in [0.5, 0.6) is 5.88 Å². The van der Waals surface area contributed by atoms with Gasteiger partial charge in [0.1, 0.15) is 0 Å². The van der Waals surface area contributed by atoms with Gasteiger partial charge in [0, 0.05) is 51.5 Å². The number of rotatable bonds is 8. The van der Waals surface area contributed by atoms with Gasteiger partial charge in [-0.15, -0.1) is 0 Å². The minimum absolute atomic E-state index is 0.461. The third-order valence-electron chi connectivity index (χ3n) is 4.54. The summed E-state index contributed by atoms with van der Waals surface area (Å²) >= 11 is 0. The first kappa shape index (κ1) is 20.5. The molecule has 1 saturated heterocycles. The Bertz CT molecular complexity index is 559. The molecule has 0 amide bonds. The van der Waals surface area contributed by atoms with Crippen LogP contribution in [0.4, 0.5) is 0 Å². The van der Waals surface area contributed by atoms with Gasteiger partial charge in [0.05, 0.1) is 19.8 Å². The van der Waals surface area contributed by atoms with E-state index in [9.17, 15) is 0 Å². The highest BCUT2D eigenvalue weighted by Crippen LogP contribution is 2.12. The molecule has 1 aromatic rings. The summed E-state index contributed by atoms with van der Waals surface area (Å²) < 4.78 is 10.9. The van der Waals surface area contributed by atoms with Crippen LogP contribution in [0, 0.1) is 5.92 Å². The summed E-state index contributed by atoms with van der Waals surface area (Å²) in [5.74, 6) is 2.02. The molecule has 0 radical (unpaired) electrons. The van der Waals surface area contributed by atoms with E-state index in [4.69, 9.17) is 9.47 Å².